The SMILES string of the molecule is CCOc1ccc(Br)cc1C(Cl)Cc1cccc(C)c1. The molecular formula is C17H18BrClO. The van der Waals surface area contributed by atoms with Crippen LogP contribution in [0.4, 0.5) is 0 Å². The molecule has 0 fully saturated rings. The smallest absolute Gasteiger partial charge is 0.124 e. The summed E-state index contributed by atoms with van der Waals surface area (Å²) in [6.07, 6.45) is 0.791. The monoisotopic (exact) mass is 352 g/mol. The maximum absolute atomic E-state index is 6.61. The van der Waals surface area contributed by atoms with E-state index in [-0.39, 0.29) is 5.38 Å². The first-order valence-electron chi connectivity index (χ1n) is 6.72. The fraction of sp³-hybridized carbons (Fsp3) is 0.294. The van der Waals surface area contributed by atoms with Crippen molar-refractivity contribution in [3.8, 4) is 5.75 Å². The molecule has 20 heavy (non-hydrogen) atoms. The minimum Gasteiger partial charge on any atom is -0.494 e. The second-order valence-corrected chi connectivity index (χ2v) is 6.22. The molecule has 0 aliphatic heterocycles. The average Bonchev–Trinajstić information content (AvgIpc) is 2.41. The zero-order chi connectivity index (χ0) is 14.5. The highest BCUT2D eigenvalue weighted by Crippen LogP contribution is 2.34. The molecule has 0 bridgehead atoms. The van der Waals surface area contributed by atoms with Crippen molar-refractivity contribution in [3.63, 3.8) is 0 Å². The first-order chi connectivity index (χ1) is 9.60. The Bertz CT molecular complexity index is 583. The molecule has 2 aromatic carbocycles. The number of halogens is 2. The van der Waals surface area contributed by atoms with Crippen molar-refractivity contribution >= 4 is 27.5 Å². The average molecular weight is 354 g/mol. The van der Waals surface area contributed by atoms with Gasteiger partial charge in [0.15, 0.2) is 0 Å². The molecule has 0 heterocycles. The maximum Gasteiger partial charge on any atom is 0.124 e. The highest BCUT2D eigenvalue weighted by Gasteiger charge is 2.15. The van der Waals surface area contributed by atoms with Crippen molar-refractivity contribution < 1.29 is 4.74 Å². The molecule has 0 aliphatic carbocycles. The first kappa shape index (κ1) is 15.4. The van der Waals surface area contributed by atoms with Gasteiger partial charge in [0.1, 0.15) is 5.75 Å². The van der Waals surface area contributed by atoms with Crippen molar-refractivity contribution in [2.24, 2.45) is 0 Å². The molecule has 0 amide bonds. The molecule has 3 heteroatoms. The molecule has 2 aromatic rings. The van der Waals surface area contributed by atoms with E-state index < -0.39 is 0 Å². The molecule has 0 aliphatic rings. The van der Waals surface area contributed by atoms with Crippen LogP contribution in [0.15, 0.2) is 46.9 Å². The summed E-state index contributed by atoms with van der Waals surface area (Å²) < 4.78 is 6.69. The second kappa shape index (κ2) is 7.14. The number of alkyl halides is 1. The van der Waals surface area contributed by atoms with Crippen LogP contribution in [0, 0.1) is 6.92 Å². The van der Waals surface area contributed by atoms with Gasteiger partial charge in [-0.15, -0.1) is 11.6 Å². The molecule has 1 unspecified atom stereocenters. The van der Waals surface area contributed by atoms with Crippen LogP contribution in [0.2, 0.25) is 0 Å². The Labute approximate surface area is 134 Å². The Morgan fingerprint density at radius 3 is 2.70 bits per heavy atom. The fourth-order valence-electron chi connectivity index (χ4n) is 2.21. The largest absolute Gasteiger partial charge is 0.494 e. The summed E-state index contributed by atoms with van der Waals surface area (Å²) in [7, 11) is 0. The lowest BCUT2D eigenvalue weighted by molar-refractivity contribution is 0.336. The predicted molar refractivity (Wildman–Crippen MR) is 88.8 cm³/mol. The highest BCUT2D eigenvalue weighted by molar-refractivity contribution is 9.10. The number of rotatable bonds is 5. The Kier molecular flexibility index (Phi) is 5.50. The Hall–Kier alpha value is -0.990. The lowest BCUT2D eigenvalue weighted by Gasteiger charge is -2.16. The van der Waals surface area contributed by atoms with Gasteiger partial charge in [0.05, 0.1) is 12.0 Å². The van der Waals surface area contributed by atoms with Gasteiger partial charge in [-0.25, -0.2) is 0 Å². The van der Waals surface area contributed by atoms with Crippen molar-refractivity contribution in [3.05, 3.63) is 63.6 Å². The number of benzene rings is 2. The van der Waals surface area contributed by atoms with Crippen molar-refractivity contribution in [1.29, 1.82) is 0 Å². The van der Waals surface area contributed by atoms with Crippen LogP contribution in [0.1, 0.15) is 29.0 Å². The minimum atomic E-state index is -0.101. The molecule has 0 aromatic heterocycles. The van der Waals surface area contributed by atoms with E-state index >= 15 is 0 Å². The van der Waals surface area contributed by atoms with Crippen LogP contribution < -0.4 is 4.74 Å². The van der Waals surface area contributed by atoms with Gasteiger partial charge in [0.2, 0.25) is 0 Å². The quantitative estimate of drug-likeness (QED) is 0.628. The minimum absolute atomic E-state index is 0.101. The number of hydrogen-bond acceptors (Lipinski definition) is 1. The van der Waals surface area contributed by atoms with E-state index in [0.29, 0.717) is 6.61 Å². The second-order valence-electron chi connectivity index (χ2n) is 4.78. The zero-order valence-corrected chi connectivity index (χ0v) is 14.0. The lowest BCUT2D eigenvalue weighted by atomic mass is 10.0. The number of aryl methyl sites for hydroxylation is 1. The summed E-state index contributed by atoms with van der Waals surface area (Å²) >= 11 is 10.1. The van der Waals surface area contributed by atoms with Gasteiger partial charge in [-0.1, -0.05) is 45.8 Å². The van der Waals surface area contributed by atoms with E-state index in [1.807, 2.05) is 25.1 Å². The van der Waals surface area contributed by atoms with Gasteiger partial charge in [-0.3, -0.25) is 0 Å². The van der Waals surface area contributed by atoms with E-state index in [4.69, 9.17) is 16.3 Å². The predicted octanol–water partition coefficient (Wildman–Crippen LogP) is 5.68. The summed E-state index contributed by atoms with van der Waals surface area (Å²) in [5, 5.41) is -0.101. The molecule has 0 saturated carbocycles. The topological polar surface area (TPSA) is 9.23 Å². The van der Waals surface area contributed by atoms with Crippen LogP contribution in [-0.4, -0.2) is 6.61 Å². The van der Waals surface area contributed by atoms with Gasteiger partial charge in [0, 0.05) is 10.0 Å². The Morgan fingerprint density at radius 1 is 1.20 bits per heavy atom. The first-order valence-corrected chi connectivity index (χ1v) is 7.95. The molecule has 0 radical (unpaired) electrons. The van der Waals surface area contributed by atoms with Crippen molar-refractivity contribution in [2.75, 3.05) is 6.61 Å². The summed E-state index contributed by atoms with van der Waals surface area (Å²) in [6.45, 7) is 4.72. The third-order valence-electron chi connectivity index (χ3n) is 3.11. The van der Waals surface area contributed by atoms with Crippen LogP contribution in [0.3, 0.4) is 0 Å². The Balaban J connectivity index is 2.23. The summed E-state index contributed by atoms with van der Waals surface area (Å²) in [4.78, 5) is 0. The van der Waals surface area contributed by atoms with Crippen LogP contribution in [0.5, 0.6) is 5.75 Å². The Morgan fingerprint density at radius 2 is 2.00 bits per heavy atom. The van der Waals surface area contributed by atoms with Gasteiger partial charge in [0.25, 0.3) is 0 Å². The fourth-order valence-corrected chi connectivity index (χ4v) is 2.93. The van der Waals surface area contributed by atoms with E-state index in [1.165, 1.54) is 11.1 Å². The van der Waals surface area contributed by atoms with Gasteiger partial charge in [-0.05, 0) is 44.0 Å². The third kappa shape index (κ3) is 4.00. The summed E-state index contributed by atoms with van der Waals surface area (Å²) in [6, 6.07) is 14.4. The molecule has 106 valence electrons. The molecule has 0 spiro atoms. The molecule has 1 nitrogen and oxygen atoms in total. The third-order valence-corrected chi connectivity index (χ3v) is 3.99. The number of hydrogen-bond donors (Lipinski definition) is 0. The zero-order valence-electron chi connectivity index (χ0n) is 11.7. The summed E-state index contributed by atoms with van der Waals surface area (Å²) in [5.41, 5.74) is 3.53. The van der Waals surface area contributed by atoms with Crippen LogP contribution in [-0.2, 0) is 6.42 Å². The van der Waals surface area contributed by atoms with Gasteiger partial charge in [-0.2, -0.15) is 0 Å². The molecule has 0 N–H and O–H groups in total. The normalized spacial score (nSPS) is 12.2. The van der Waals surface area contributed by atoms with Crippen molar-refractivity contribution in [1.82, 2.24) is 0 Å². The summed E-state index contributed by atoms with van der Waals surface area (Å²) in [5.74, 6) is 0.864. The molecule has 0 saturated heterocycles. The van der Waals surface area contributed by atoms with Crippen LogP contribution >= 0.6 is 27.5 Å². The molecular weight excluding hydrogens is 336 g/mol. The highest BCUT2D eigenvalue weighted by atomic mass is 79.9. The molecule has 2 rings (SSSR count). The van der Waals surface area contributed by atoms with Crippen molar-refractivity contribution in [2.45, 2.75) is 25.6 Å². The van der Waals surface area contributed by atoms with Gasteiger partial charge >= 0.3 is 0 Å². The molecule has 1 atom stereocenters. The van der Waals surface area contributed by atoms with E-state index in [9.17, 15) is 0 Å². The standard InChI is InChI=1S/C17H18BrClO/c1-3-20-17-8-7-14(18)11-15(17)16(19)10-13-6-4-5-12(2)9-13/h4-9,11,16H,3,10H2,1-2H3. The number of ether oxygens (including phenoxy) is 1. The van der Waals surface area contributed by atoms with E-state index in [1.54, 1.807) is 0 Å². The van der Waals surface area contributed by atoms with Gasteiger partial charge < -0.3 is 4.74 Å². The van der Waals surface area contributed by atoms with E-state index in [2.05, 4.69) is 47.1 Å². The van der Waals surface area contributed by atoms with E-state index in [0.717, 1.165) is 22.2 Å². The maximum atomic E-state index is 6.61. The lowest BCUT2D eigenvalue weighted by Crippen LogP contribution is -2.01. The van der Waals surface area contributed by atoms with Crippen LogP contribution in [0.25, 0.3) is 0 Å².